The molecule has 0 bridgehead atoms. The Morgan fingerprint density at radius 1 is 1.00 bits per heavy atom. The molecule has 2 N–H and O–H groups in total. The van der Waals surface area contributed by atoms with E-state index in [1.54, 1.807) is 0 Å². The molecule has 1 aromatic heterocycles. The van der Waals surface area contributed by atoms with Crippen molar-refractivity contribution < 1.29 is 19.8 Å². The Labute approximate surface area is 188 Å². The third-order valence-corrected chi connectivity index (χ3v) is 5.71. The molecule has 0 radical (unpaired) electrons. The summed E-state index contributed by atoms with van der Waals surface area (Å²) in [4.78, 5) is 28.4. The van der Waals surface area contributed by atoms with E-state index >= 15 is 0 Å². The van der Waals surface area contributed by atoms with Crippen LogP contribution in [0.5, 0.6) is 0 Å². The second-order valence-corrected chi connectivity index (χ2v) is 7.91. The highest BCUT2D eigenvalue weighted by atomic mass is 16.4. The van der Waals surface area contributed by atoms with E-state index in [4.69, 9.17) is 10.2 Å². The van der Waals surface area contributed by atoms with E-state index in [1.165, 1.54) is 60.6 Å². The van der Waals surface area contributed by atoms with Gasteiger partial charge in [-0.3, -0.25) is 4.98 Å². The number of likely N-dealkylation sites (N-methyl/N-ethyl adjacent to an activating group) is 1. The van der Waals surface area contributed by atoms with Crippen LogP contribution in [0.25, 0.3) is 16.7 Å². The number of carbonyl (C=O) groups is 2. The van der Waals surface area contributed by atoms with E-state index < -0.39 is 11.9 Å². The lowest BCUT2D eigenvalue weighted by Crippen LogP contribution is -2.44. The summed E-state index contributed by atoms with van der Waals surface area (Å²) < 4.78 is 0. The predicted octanol–water partition coefficient (Wildman–Crippen LogP) is 3.04. The van der Waals surface area contributed by atoms with Crippen LogP contribution >= 0.6 is 0 Å². The van der Waals surface area contributed by atoms with Crippen molar-refractivity contribution in [2.24, 2.45) is 0 Å². The lowest BCUT2D eigenvalue weighted by molar-refractivity contribution is -0.134. The molecule has 168 valence electrons. The first-order chi connectivity index (χ1) is 15.4. The molecule has 1 aliphatic carbocycles. The van der Waals surface area contributed by atoms with E-state index in [9.17, 15) is 9.59 Å². The van der Waals surface area contributed by atoms with Gasteiger partial charge in [-0.2, -0.15) is 0 Å². The molecule has 0 unspecified atom stereocenters. The van der Waals surface area contributed by atoms with Crippen molar-refractivity contribution in [3.8, 4) is 11.1 Å². The summed E-state index contributed by atoms with van der Waals surface area (Å²) in [6, 6.07) is 10.9. The molecule has 2 aliphatic rings. The fourth-order valence-electron chi connectivity index (χ4n) is 3.96. The Bertz CT molecular complexity index is 978. The average Bonchev–Trinajstić information content (AvgIpc) is 3.21. The van der Waals surface area contributed by atoms with Gasteiger partial charge in [0.2, 0.25) is 0 Å². The number of hydrogen-bond donors (Lipinski definition) is 2. The van der Waals surface area contributed by atoms with Crippen LogP contribution in [-0.4, -0.2) is 76.7 Å². The van der Waals surface area contributed by atoms with Crippen LogP contribution in [-0.2, 0) is 16.0 Å². The fraction of sp³-hybridized carbons (Fsp3) is 0.320. The van der Waals surface area contributed by atoms with Crippen molar-refractivity contribution in [1.82, 2.24) is 14.8 Å². The maximum atomic E-state index is 9.55. The highest BCUT2D eigenvalue weighted by Gasteiger charge is 2.19. The van der Waals surface area contributed by atoms with E-state index in [2.05, 4.69) is 52.2 Å². The van der Waals surface area contributed by atoms with E-state index in [-0.39, 0.29) is 0 Å². The number of benzene rings is 1. The summed E-state index contributed by atoms with van der Waals surface area (Å²) in [5.74, 6) is -2.51. The number of carboxylic acid groups (broad SMARTS) is 2. The summed E-state index contributed by atoms with van der Waals surface area (Å²) in [6.45, 7) is 5.97. The second-order valence-electron chi connectivity index (χ2n) is 7.91. The van der Waals surface area contributed by atoms with Gasteiger partial charge in [0, 0.05) is 62.8 Å². The van der Waals surface area contributed by atoms with Crippen molar-refractivity contribution >= 4 is 17.5 Å². The van der Waals surface area contributed by atoms with E-state index in [1.807, 2.05) is 18.5 Å². The number of pyridine rings is 1. The first-order valence-corrected chi connectivity index (χ1v) is 10.7. The SMILES string of the molecule is CN1CCN(CCC2=CCc3c2cccc3-c2cccnc2)CC1.O=C(O)/C=C\C(=O)O. The number of allylic oxidation sites excluding steroid dienone is 1. The number of hydrogen-bond acceptors (Lipinski definition) is 5. The van der Waals surface area contributed by atoms with Gasteiger partial charge >= 0.3 is 11.9 Å². The van der Waals surface area contributed by atoms with Gasteiger partial charge in [-0.25, -0.2) is 9.59 Å². The van der Waals surface area contributed by atoms with Crippen molar-refractivity contribution in [2.75, 3.05) is 39.8 Å². The monoisotopic (exact) mass is 435 g/mol. The van der Waals surface area contributed by atoms with Crippen molar-refractivity contribution in [2.45, 2.75) is 12.8 Å². The first kappa shape index (κ1) is 23.4. The topological polar surface area (TPSA) is 94.0 Å². The number of aromatic nitrogens is 1. The fourth-order valence-corrected chi connectivity index (χ4v) is 3.96. The maximum Gasteiger partial charge on any atom is 0.328 e. The first-order valence-electron chi connectivity index (χ1n) is 10.7. The highest BCUT2D eigenvalue weighted by molar-refractivity contribution is 5.89. The summed E-state index contributed by atoms with van der Waals surface area (Å²) in [5, 5.41) is 15.6. The largest absolute Gasteiger partial charge is 0.478 e. The molecule has 7 heteroatoms. The third kappa shape index (κ3) is 6.60. The van der Waals surface area contributed by atoms with Crippen molar-refractivity contribution in [3.05, 3.63) is 72.1 Å². The minimum Gasteiger partial charge on any atom is -0.478 e. The molecule has 2 heterocycles. The predicted molar refractivity (Wildman–Crippen MR) is 124 cm³/mol. The van der Waals surface area contributed by atoms with Crippen LogP contribution in [0.15, 0.2) is 61.0 Å². The third-order valence-electron chi connectivity index (χ3n) is 5.71. The van der Waals surface area contributed by atoms with Crippen molar-refractivity contribution in [1.29, 1.82) is 0 Å². The molecule has 1 saturated heterocycles. The number of aliphatic carboxylic acids is 2. The van der Waals surface area contributed by atoms with Gasteiger partial charge in [0.25, 0.3) is 0 Å². The lowest BCUT2D eigenvalue weighted by atomic mass is 9.95. The summed E-state index contributed by atoms with van der Waals surface area (Å²) in [7, 11) is 2.22. The summed E-state index contributed by atoms with van der Waals surface area (Å²) in [6.07, 6.45) is 9.57. The molecule has 0 atom stereocenters. The van der Waals surface area contributed by atoms with E-state index in [0.717, 1.165) is 12.8 Å². The number of nitrogens with zero attached hydrogens (tertiary/aromatic N) is 3. The zero-order valence-electron chi connectivity index (χ0n) is 18.3. The highest BCUT2D eigenvalue weighted by Crippen LogP contribution is 2.36. The van der Waals surface area contributed by atoms with Crippen LogP contribution in [0, 0.1) is 0 Å². The van der Waals surface area contributed by atoms with Gasteiger partial charge in [-0.05, 0) is 48.2 Å². The molecule has 1 fully saturated rings. The molecule has 4 rings (SSSR count). The summed E-state index contributed by atoms with van der Waals surface area (Å²) >= 11 is 0. The Morgan fingerprint density at radius 3 is 2.31 bits per heavy atom. The maximum absolute atomic E-state index is 9.55. The Kier molecular flexibility index (Phi) is 8.30. The normalized spacial score (nSPS) is 16.2. The molecular weight excluding hydrogens is 406 g/mol. The number of rotatable bonds is 6. The minimum atomic E-state index is -1.26. The van der Waals surface area contributed by atoms with Gasteiger partial charge in [0.1, 0.15) is 0 Å². The zero-order chi connectivity index (χ0) is 22.9. The average molecular weight is 436 g/mol. The van der Waals surface area contributed by atoms with E-state index in [0.29, 0.717) is 12.2 Å². The Balaban J connectivity index is 0.000000312. The van der Waals surface area contributed by atoms with Crippen LogP contribution < -0.4 is 0 Å². The molecule has 7 nitrogen and oxygen atoms in total. The molecule has 32 heavy (non-hydrogen) atoms. The van der Waals surface area contributed by atoms with Gasteiger partial charge in [0.05, 0.1) is 0 Å². The number of piperazine rings is 1. The molecular formula is C25H29N3O4. The molecule has 1 aromatic carbocycles. The lowest BCUT2D eigenvalue weighted by Gasteiger charge is -2.32. The second kappa shape index (κ2) is 11.4. The molecule has 0 spiro atoms. The summed E-state index contributed by atoms with van der Waals surface area (Å²) in [5.41, 5.74) is 7.01. The van der Waals surface area contributed by atoms with Gasteiger partial charge in [-0.1, -0.05) is 30.3 Å². The molecule has 2 aromatic rings. The number of carboxylic acids is 2. The molecule has 1 aliphatic heterocycles. The Morgan fingerprint density at radius 2 is 1.69 bits per heavy atom. The van der Waals surface area contributed by atoms with Gasteiger partial charge in [0.15, 0.2) is 0 Å². The molecule has 0 amide bonds. The smallest absolute Gasteiger partial charge is 0.328 e. The Hall–Kier alpha value is -3.29. The van der Waals surface area contributed by atoms with Gasteiger partial charge in [-0.15, -0.1) is 0 Å². The molecule has 0 saturated carbocycles. The van der Waals surface area contributed by atoms with Crippen LogP contribution in [0.3, 0.4) is 0 Å². The van der Waals surface area contributed by atoms with Crippen molar-refractivity contribution in [3.63, 3.8) is 0 Å². The zero-order valence-corrected chi connectivity index (χ0v) is 18.3. The van der Waals surface area contributed by atoms with Gasteiger partial charge < -0.3 is 20.0 Å². The number of fused-ring (bicyclic) bond motifs is 1. The quantitative estimate of drug-likeness (QED) is 0.674. The van der Waals surface area contributed by atoms with Crippen LogP contribution in [0.1, 0.15) is 17.5 Å². The standard InChI is InChI=1S/C21H25N3.C4H4O4/c1-23-12-14-24(15-13-23)11-9-17-7-8-21-19(17)5-2-6-20(21)18-4-3-10-22-16-18;5-3(6)1-2-4(7)8/h2-7,10,16H,8-9,11-15H2,1H3;1-2H,(H,5,6)(H,7,8)/b;2-1-. The van der Waals surface area contributed by atoms with Crippen LogP contribution in [0.2, 0.25) is 0 Å². The van der Waals surface area contributed by atoms with Crippen LogP contribution in [0.4, 0.5) is 0 Å². The minimum absolute atomic E-state index is 0.558.